The molecule has 2 aromatic carbocycles. The van der Waals surface area contributed by atoms with Gasteiger partial charge in [0.15, 0.2) is 0 Å². The van der Waals surface area contributed by atoms with Gasteiger partial charge in [-0.2, -0.15) is 0 Å². The van der Waals surface area contributed by atoms with Crippen molar-refractivity contribution in [2.24, 2.45) is 0 Å². The van der Waals surface area contributed by atoms with Gasteiger partial charge >= 0.3 is 5.97 Å². The van der Waals surface area contributed by atoms with Gasteiger partial charge in [-0.1, -0.05) is 42.5 Å². The number of hydrogen-bond acceptors (Lipinski definition) is 3. The van der Waals surface area contributed by atoms with Crippen LogP contribution in [0.2, 0.25) is 0 Å². The zero-order chi connectivity index (χ0) is 17.8. The smallest absolute Gasteiger partial charge is 0.335 e. The van der Waals surface area contributed by atoms with Gasteiger partial charge in [0.2, 0.25) is 0 Å². The lowest BCUT2D eigenvalue weighted by Gasteiger charge is -2.44. The first-order valence-electron chi connectivity index (χ1n) is 8.87. The van der Waals surface area contributed by atoms with E-state index < -0.39 is 5.97 Å². The molecule has 0 radical (unpaired) electrons. The van der Waals surface area contributed by atoms with E-state index in [2.05, 4.69) is 54.0 Å². The van der Waals surface area contributed by atoms with Crippen molar-refractivity contribution >= 4 is 5.97 Å². The maximum Gasteiger partial charge on any atom is 0.335 e. The Kier molecular flexibility index (Phi) is 5.51. The van der Waals surface area contributed by atoms with Crippen LogP contribution in [-0.2, 0) is 13.1 Å². The zero-order valence-corrected chi connectivity index (χ0v) is 14.9. The van der Waals surface area contributed by atoms with Crippen LogP contribution in [0.25, 0.3) is 0 Å². The van der Waals surface area contributed by atoms with E-state index in [4.69, 9.17) is 5.11 Å². The molecular formula is C21H26N2O2. The summed E-state index contributed by atoms with van der Waals surface area (Å²) in [5, 5.41) is 9.00. The highest BCUT2D eigenvalue weighted by Crippen LogP contribution is 2.20. The third-order valence-corrected chi connectivity index (χ3v) is 4.99. The summed E-state index contributed by atoms with van der Waals surface area (Å²) in [6.07, 6.45) is 0. The number of piperazine rings is 1. The predicted octanol–water partition coefficient (Wildman–Crippen LogP) is 3.48. The number of hydrogen-bond donors (Lipinski definition) is 1. The largest absolute Gasteiger partial charge is 0.478 e. The Balaban J connectivity index is 1.60. The Labute approximate surface area is 149 Å². The van der Waals surface area contributed by atoms with Crippen LogP contribution in [0.3, 0.4) is 0 Å². The van der Waals surface area contributed by atoms with E-state index >= 15 is 0 Å². The molecule has 0 spiro atoms. The van der Waals surface area contributed by atoms with Crippen LogP contribution in [0.5, 0.6) is 0 Å². The highest BCUT2D eigenvalue weighted by Gasteiger charge is 2.29. The minimum Gasteiger partial charge on any atom is -0.478 e. The van der Waals surface area contributed by atoms with Crippen molar-refractivity contribution in [1.29, 1.82) is 0 Å². The lowest BCUT2D eigenvalue weighted by molar-refractivity contribution is 0.0290. The molecule has 1 heterocycles. The zero-order valence-electron chi connectivity index (χ0n) is 14.9. The Morgan fingerprint density at radius 2 is 1.48 bits per heavy atom. The molecule has 4 nitrogen and oxygen atoms in total. The molecule has 1 aliphatic rings. The first kappa shape index (κ1) is 17.6. The Morgan fingerprint density at radius 1 is 0.920 bits per heavy atom. The molecule has 0 unspecified atom stereocenters. The Hall–Kier alpha value is -2.17. The van der Waals surface area contributed by atoms with Crippen LogP contribution in [0, 0.1) is 0 Å². The second-order valence-electron chi connectivity index (χ2n) is 7.05. The van der Waals surface area contributed by atoms with Crippen molar-refractivity contribution < 1.29 is 9.90 Å². The number of carboxylic acids is 1. The molecular weight excluding hydrogens is 312 g/mol. The minimum absolute atomic E-state index is 0.346. The molecule has 3 rings (SSSR count). The van der Waals surface area contributed by atoms with Crippen LogP contribution in [0.1, 0.15) is 35.3 Å². The normalized spacial score (nSPS) is 22.0. The number of nitrogens with zero attached hydrogens (tertiary/aromatic N) is 2. The average molecular weight is 338 g/mol. The van der Waals surface area contributed by atoms with Crippen LogP contribution in [-0.4, -0.2) is 46.0 Å². The van der Waals surface area contributed by atoms with Crippen LogP contribution in [0.4, 0.5) is 0 Å². The monoisotopic (exact) mass is 338 g/mol. The average Bonchev–Trinajstić information content (AvgIpc) is 2.59. The van der Waals surface area contributed by atoms with Crippen LogP contribution in [0.15, 0.2) is 54.6 Å². The van der Waals surface area contributed by atoms with Crippen LogP contribution < -0.4 is 0 Å². The van der Waals surface area contributed by atoms with Crippen molar-refractivity contribution in [1.82, 2.24) is 9.80 Å². The van der Waals surface area contributed by atoms with E-state index in [1.165, 1.54) is 11.1 Å². The lowest BCUT2D eigenvalue weighted by Crippen LogP contribution is -2.55. The van der Waals surface area contributed by atoms with E-state index in [1.807, 2.05) is 12.1 Å². The quantitative estimate of drug-likeness (QED) is 0.906. The summed E-state index contributed by atoms with van der Waals surface area (Å²) in [6, 6.07) is 18.8. The van der Waals surface area contributed by atoms with Crippen molar-refractivity contribution in [3.63, 3.8) is 0 Å². The number of carbonyl (C=O) groups is 1. The van der Waals surface area contributed by atoms with Gasteiger partial charge < -0.3 is 5.11 Å². The maximum absolute atomic E-state index is 11.0. The molecule has 4 heteroatoms. The van der Waals surface area contributed by atoms with Gasteiger partial charge in [0.1, 0.15) is 0 Å². The molecule has 1 aliphatic heterocycles. The highest BCUT2D eigenvalue weighted by molar-refractivity contribution is 5.87. The predicted molar refractivity (Wildman–Crippen MR) is 99.6 cm³/mol. The topological polar surface area (TPSA) is 43.8 Å². The molecule has 0 bridgehead atoms. The van der Waals surface area contributed by atoms with Gasteiger partial charge in [-0.05, 0) is 37.1 Å². The van der Waals surface area contributed by atoms with Crippen molar-refractivity contribution in [3.8, 4) is 0 Å². The van der Waals surface area contributed by atoms with Gasteiger partial charge in [-0.15, -0.1) is 0 Å². The fourth-order valence-corrected chi connectivity index (χ4v) is 3.71. The third-order valence-electron chi connectivity index (χ3n) is 4.99. The molecule has 0 aromatic heterocycles. The molecule has 0 amide bonds. The SMILES string of the molecule is C[C@@H]1CN(Cc2ccc(C(=O)O)cc2)C[C@H](C)N1Cc1ccccc1. The molecule has 1 N–H and O–H groups in total. The van der Waals surface area contributed by atoms with E-state index in [9.17, 15) is 4.79 Å². The number of benzene rings is 2. The first-order chi connectivity index (χ1) is 12.0. The summed E-state index contributed by atoms with van der Waals surface area (Å²) in [5.41, 5.74) is 2.87. The highest BCUT2D eigenvalue weighted by atomic mass is 16.4. The summed E-state index contributed by atoms with van der Waals surface area (Å²) in [5.74, 6) is -0.872. The van der Waals surface area contributed by atoms with Gasteiger partial charge in [-0.3, -0.25) is 9.80 Å². The minimum atomic E-state index is -0.872. The van der Waals surface area contributed by atoms with E-state index in [-0.39, 0.29) is 0 Å². The van der Waals surface area contributed by atoms with Crippen LogP contribution >= 0.6 is 0 Å². The second kappa shape index (κ2) is 7.81. The second-order valence-corrected chi connectivity index (χ2v) is 7.05. The standard InChI is InChI=1S/C21H26N2O2/c1-16-12-22(14-19-8-10-20(11-9-19)21(24)25)13-17(2)23(16)15-18-6-4-3-5-7-18/h3-11,16-17H,12-15H2,1-2H3,(H,24,25)/t16-,17+. The maximum atomic E-state index is 11.0. The van der Waals surface area contributed by atoms with Crippen molar-refractivity contribution in [2.45, 2.75) is 39.0 Å². The number of carboxylic acid groups (broad SMARTS) is 1. The van der Waals surface area contributed by atoms with E-state index in [0.29, 0.717) is 17.6 Å². The molecule has 0 aliphatic carbocycles. The molecule has 2 atom stereocenters. The van der Waals surface area contributed by atoms with E-state index in [1.54, 1.807) is 12.1 Å². The first-order valence-corrected chi connectivity index (χ1v) is 8.87. The Morgan fingerprint density at radius 3 is 2.04 bits per heavy atom. The van der Waals surface area contributed by atoms with Gasteiger partial charge in [0.25, 0.3) is 0 Å². The molecule has 2 aromatic rings. The fraction of sp³-hybridized carbons (Fsp3) is 0.381. The van der Waals surface area contributed by atoms with Gasteiger partial charge in [0.05, 0.1) is 5.56 Å². The lowest BCUT2D eigenvalue weighted by atomic mass is 10.0. The molecule has 25 heavy (non-hydrogen) atoms. The summed E-state index contributed by atoms with van der Waals surface area (Å²) < 4.78 is 0. The van der Waals surface area contributed by atoms with E-state index in [0.717, 1.165) is 26.2 Å². The number of rotatable bonds is 5. The Bertz CT molecular complexity index is 688. The van der Waals surface area contributed by atoms with Gasteiger partial charge in [0, 0.05) is 38.3 Å². The summed E-state index contributed by atoms with van der Waals surface area (Å²) >= 11 is 0. The summed E-state index contributed by atoms with van der Waals surface area (Å²) in [7, 11) is 0. The molecule has 1 saturated heterocycles. The van der Waals surface area contributed by atoms with Crippen molar-refractivity contribution in [3.05, 3.63) is 71.3 Å². The summed E-state index contributed by atoms with van der Waals surface area (Å²) in [6.45, 7) is 8.49. The number of aromatic carboxylic acids is 1. The molecule has 1 fully saturated rings. The molecule has 132 valence electrons. The molecule has 0 saturated carbocycles. The fourth-order valence-electron chi connectivity index (χ4n) is 3.71. The third kappa shape index (κ3) is 4.47. The van der Waals surface area contributed by atoms with Gasteiger partial charge in [-0.25, -0.2) is 4.79 Å². The summed E-state index contributed by atoms with van der Waals surface area (Å²) in [4.78, 5) is 16.0. The van der Waals surface area contributed by atoms with Crippen molar-refractivity contribution in [2.75, 3.05) is 13.1 Å².